The van der Waals surface area contributed by atoms with Gasteiger partial charge in [-0.3, -0.25) is 4.79 Å². The maximum atomic E-state index is 11.9. The van der Waals surface area contributed by atoms with Crippen LogP contribution in [0.1, 0.15) is 40.0 Å². The number of hydrogen-bond donors (Lipinski definition) is 2. The Morgan fingerprint density at radius 3 is 2.72 bits per heavy atom. The van der Waals surface area contributed by atoms with Crippen LogP contribution in [0.2, 0.25) is 0 Å². The van der Waals surface area contributed by atoms with Crippen LogP contribution in [0.4, 0.5) is 0 Å². The lowest BCUT2D eigenvalue weighted by atomic mass is 9.78. The molecule has 0 aromatic rings. The molecule has 0 aromatic carbocycles. The summed E-state index contributed by atoms with van der Waals surface area (Å²) in [5.41, 5.74) is -0.136. The Kier molecular flexibility index (Phi) is 4.28. The van der Waals surface area contributed by atoms with Crippen LogP contribution >= 0.6 is 0 Å². The van der Waals surface area contributed by atoms with Crippen LogP contribution in [0.3, 0.4) is 0 Å². The topological polar surface area (TPSA) is 50.4 Å². The molecule has 0 bridgehead atoms. The van der Waals surface area contributed by atoms with Crippen molar-refractivity contribution in [1.29, 1.82) is 0 Å². The fourth-order valence-electron chi connectivity index (χ4n) is 2.85. The van der Waals surface area contributed by atoms with E-state index in [1.807, 2.05) is 6.92 Å². The monoisotopic (exact) mass is 254 g/mol. The first kappa shape index (κ1) is 13.8. The lowest BCUT2D eigenvalue weighted by Crippen LogP contribution is -2.60. The van der Waals surface area contributed by atoms with Crippen LogP contribution < -0.4 is 10.6 Å². The molecule has 0 radical (unpaired) electrons. The molecule has 104 valence electrons. The molecular formula is C14H26N2O2. The molecule has 0 spiro atoms. The van der Waals surface area contributed by atoms with E-state index in [0.717, 1.165) is 19.5 Å². The third kappa shape index (κ3) is 3.23. The number of carbonyl (C=O) groups is 1. The molecular weight excluding hydrogens is 228 g/mol. The van der Waals surface area contributed by atoms with Gasteiger partial charge in [-0.05, 0) is 25.2 Å². The van der Waals surface area contributed by atoms with E-state index in [1.165, 1.54) is 12.8 Å². The Morgan fingerprint density at radius 2 is 2.11 bits per heavy atom. The van der Waals surface area contributed by atoms with Crippen LogP contribution in [0.25, 0.3) is 0 Å². The standard InChI is InChI=1S/C14H26N2O2/c1-10-5-4-6-12(11(10)2)16-13(17)7-18-14(3)8-15-9-14/h10-12,15H,4-9H2,1-3H3,(H,16,17). The van der Waals surface area contributed by atoms with Gasteiger partial charge in [0.25, 0.3) is 0 Å². The number of nitrogens with one attached hydrogen (secondary N) is 2. The summed E-state index contributed by atoms with van der Waals surface area (Å²) in [6.45, 7) is 8.44. The number of rotatable bonds is 4. The zero-order valence-electron chi connectivity index (χ0n) is 11.8. The first-order valence-electron chi connectivity index (χ1n) is 7.14. The Labute approximate surface area is 110 Å². The lowest BCUT2D eigenvalue weighted by Gasteiger charge is -2.39. The van der Waals surface area contributed by atoms with Crippen molar-refractivity contribution in [3.05, 3.63) is 0 Å². The summed E-state index contributed by atoms with van der Waals surface area (Å²) in [7, 11) is 0. The van der Waals surface area contributed by atoms with E-state index in [-0.39, 0.29) is 18.1 Å². The molecule has 3 atom stereocenters. The van der Waals surface area contributed by atoms with Crippen LogP contribution in [0.15, 0.2) is 0 Å². The largest absolute Gasteiger partial charge is 0.363 e. The predicted molar refractivity (Wildman–Crippen MR) is 71.3 cm³/mol. The van der Waals surface area contributed by atoms with E-state index in [2.05, 4.69) is 24.5 Å². The van der Waals surface area contributed by atoms with Gasteiger partial charge in [0.15, 0.2) is 0 Å². The maximum Gasteiger partial charge on any atom is 0.246 e. The first-order valence-corrected chi connectivity index (χ1v) is 7.14. The van der Waals surface area contributed by atoms with Gasteiger partial charge in [-0.25, -0.2) is 0 Å². The Morgan fingerprint density at radius 1 is 1.39 bits per heavy atom. The van der Waals surface area contributed by atoms with Crippen molar-refractivity contribution in [3.63, 3.8) is 0 Å². The molecule has 1 heterocycles. The molecule has 1 saturated carbocycles. The van der Waals surface area contributed by atoms with Gasteiger partial charge in [0, 0.05) is 19.1 Å². The van der Waals surface area contributed by atoms with E-state index < -0.39 is 0 Å². The number of ether oxygens (including phenoxy) is 1. The van der Waals surface area contributed by atoms with Gasteiger partial charge in [-0.2, -0.15) is 0 Å². The third-order valence-electron chi connectivity index (χ3n) is 4.60. The molecule has 3 unspecified atom stereocenters. The Bertz CT molecular complexity index is 302. The van der Waals surface area contributed by atoms with Crippen molar-refractivity contribution in [2.75, 3.05) is 19.7 Å². The van der Waals surface area contributed by atoms with Gasteiger partial charge in [0.05, 0.1) is 5.60 Å². The quantitative estimate of drug-likeness (QED) is 0.795. The molecule has 0 aromatic heterocycles. The van der Waals surface area contributed by atoms with Crippen LogP contribution in [0, 0.1) is 11.8 Å². The molecule has 1 aliphatic carbocycles. The van der Waals surface area contributed by atoms with Gasteiger partial charge in [-0.1, -0.05) is 26.7 Å². The Hall–Kier alpha value is -0.610. The van der Waals surface area contributed by atoms with Gasteiger partial charge >= 0.3 is 0 Å². The van der Waals surface area contributed by atoms with E-state index in [0.29, 0.717) is 17.9 Å². The molecule has 4 nitrogen and oxygen atoms in total. The van der Waals surface area contributed by atoms with Crippen molar-refractivity contribution >= 4 is 5.91 Å². The average molecular weight is 254 g/mol. The lowest BCUT2D eigenvalue weighted by molar-refractivity contribution is -0.137. The summed E-state index contributed by atoms with van der Waals surface area (Å²) in [6.07, 6.45) is 3.61. The van der Waals surface area contributed by atoms with Gasteiger partial charge < -0.3 is 15.4 Å². The summed E-state index contributed by atoms with van der Waals surface area (Å²) in [5, 5.41) is 6.30. The van der Waals surface area contributed by atoms with Gasteiger partial charge in [-0.15, -0.1) is 0 Å². The van der Waals surface area contributed by atoms with Crippen LogP contribution in [-0.2, 0) is 9.53 Å². The van der Waals surface area contributed by atoms with Crippen LogP contribution in [-0.4, -0.2) is 37.2 Å². The average Bonchev–Trinajstić information content (AvgIpc) is 2.30. The second kappa shape index (κ2) is 5.57. The van der Waals surface area contributed by atoms with Crippen molar-refractivity contribution < 1.29 is 9.53 Å². The van der Waals surface area contributed by atoms with Crippen molar-refractivity contribution in [2.45, 2.75) is 51.7 Å². The molecule has 18 heavy (non-hydrogen) atoms. The fraction of sp³-hybridized carbons (Fsp3) is 0.929. The molecule has 1 aliphatic heterocycles. The van der Waals surface area contributed by atoms with E-state index in [1.54, 1.807) is 0 Å². The second-order valence-corrected chi connectivity index (χ2v) is 6.28. The molecule has 2 rings (SSSR count). The van der Waals surface area contributed by atoms with E-state index >= 15 is 0 Å². The summed E-state index contributed by atoms with van der Waals surface area (Å²) in [4.78, 5) is 11.9. The minimum Gasteiger partial charge on any atom is -0.363 e. The fourth-order valence-corrected chi connectivity index (χ4v) is 2.85. The smallest absolute Gasteiger partial charge is 0.246 e. The molecule has 2 N–H and O–H groups in total. The number of hydrogen-bond acceptors (Lipinski definition) is 3. The zero-order chi connectivity index (χ0) is 13.2. The van der Waals surface area contributed by atoms with Crippen molar-refractivity contribution in [3.8, 4) is 0 Å². The van der Waals surface area contributed by atoms with Crippen molar-refractivity contribution in [1.82, 2.24) is 10.6 Å². The summed E-state index contributed by atoms with van der Waals surface area (Å²) < 4.78 is 5.66. The maximum absolute atomic E-state index is 11.9. The summed E-state index contributed by atoms with van der Waals surface area (Å²) in [5.74, 6) is 1.32. The highest BCUT2D eigenvalue weighted by molar-refractivity contribution is 5.77. The highest BCUT2D eigenvalue weighted by Gasteiger charge is 2.34. The number of carbonyl (C=O) groups excluding carboxylic acids is 1. The Balaban J connectivity index is 1.73. The summed E-state index contributed by atoms with van der Waals surface area (Å²) in [6, 6.07) is 0.331. The molecule has 4 heteroatoms. The molecule has 2 aliphatic rings. The minimum atomic E-state index is -0.136. The predicted octanol–water partition coefficient (Wildman–Crippen LogP) is 1.31. The van der Waals surface area contributed by atoms with E-state index in [4.69, 9.17) is 4.74 Å². The second-order valence-electron chi connectivity index (χ2n) is 6.28. The normalized spacial score (nSPS) is 34.7. The zero-order valence-corrected chi connectivity index (χ0v) is 11.8. The number of amides is 1. The van der Waals surface area contributed by atoms with E-state index in [9.17, 15) is 4.79 Å². The highest BCUT2D eigenvalue weighted by Crippen LogP contribution is 2.29. The molecule has 1 amide bonds. The molecule has 2 fully saturated rings. The van der Waals surface area contributed by atoms with Gasteiger partial charge in [0.2, 0.25) is 5.91 Å². The van der Waals surface area contributed by atoms with Crippen molar-refractivity contribution in [2.24, 2.45) is 11.8 Å². The minimum absolute atomic E-state index is 0.0362. The SMILES string of the molecule is CC1CCCC(NC(=O)COC2(C)CNC2)C1C. The van der Waals surface area contributed by atoms with Crippen LogP contribution in [0.5, 0.6) is 0 Å². The summed E-state index contributed by atoms with van der Waals surface area (Å²) >= 11 is 0. The molecule has 1 saturated heterocycles. The first-order chi connectivity index (χ1) is 8.50. The highest BCUT2D eigenvalue weighted by atomic mass is 16.5. The third-order valence-corrected chi connectivity index (χ3v) is 4.60. The van der Waals surface area contributed by atoms with Gasteiger partial charge in [0.1, 0.15) is 6.61 Å².